The summed E-state index contributed by atoms with van der Waals surface area (Å²) < 4.78 is 133. The fourth-order valence-corrected chi connectivity index (χ4v) is 5.03. The molecule has 1 saturated heterocycles. The van der Waals surface area contributed by atoms with E-state index in [1.54, 1.807) is 13.0 Å². The van der Waals surface area contributed by atoms with Crippen molar-refractivity contribution in [3.63, 3.8) is 0 Å². The zero-order valence-corrected chi connectivity index (χ0v) is 23.4. The molecule has 1 aliphatic rings. The average Bonchev–Trinajstić information content (AvgIpc) is 3.23. The van der Waals surface area contributed by atoms with Crippen LogP contribution in [-0.2, 0) is 29.8 Å². The van der Waals surface area contributed by atoms with Gasteiger partial charge in [-0.3, -0.25) is 4.90 Å². The topological polar surface area (TPSA) is 59.0 Å². The SMILES string of the molecule is CCC(O)c1ccc(OC)c(-c2ccc(C(F)(F)F)cc2CN2C(=O)O[C@H](c3cc(C(F)(F)F)cc(C(F)(F)F)c3)[C@@H]2C)c1. The van der Waals surface area contributed by atoms with Crippen molar-refractivity contribution in [1.29, 1.82) is 0 Å². The molecule has 1 aliphatic heterocycles. The van der Waals surface area contributed by atoms with E-state index < -0.39 is 71.7 Å². The Morgan fingerprint density at radius 2 is 1.43 bits per heavy atom. The number of ether oxygens (including phenoxy) is 2. The van der Waals surface area contributed by atoms with Crippen LogP contribution >= 0.6 is 0 Å². The first-order chi connectivity index (χ1) is 20.3. The molecule has 5 nitrogen and oxygen atoms in total. The summed E-state index contributed by atoms with van der Waals surface area (Å²) in [6, 6.07) is 7.01. The van der Waals surface area contributed by atoms with Gasteiger partial charge in [-0.15, -0.1) is 0 Å². The van der Waals surface area contributed by atoms with Gasteiger partial charge in [-0.2, -0.15) is 39.5 Å². The molecule has 0 saturated carbocycles. The predicted molar refractivity (Wildman–Crippen MR) is 139 cm³/mol. The number of aliphatic hydroxyl groups is 1. The number of methoxy groups -OCH3 is 1. The molecule has 1 fully saturated rings. The van der Waals surface area contributed by atoms with Crippen LogP contribution in [0.4, 0.5) is 44.3 Å². The quantitative estimate of drug-likeness (QED) is 0.264. The molecule has 1 amide bonds. The second kappa shape index (κ2) is 11.9. The lowest BCUT2D eigenvalue weighted by Gasteiger charge is -2.24. The van der Waals surface area contributed by atoms with E-state index in [0.717, 1.165) is 23.1 Å². The van der Waals surface area contributed by atoms with E-state index in [1.165, 1.54) is 26.2 Å². The van der Waals surface area contributed by atoms with Crippen molar-refractivity contribution in [3.8, 4) is 16.9 Å². The number of carbonyl (C=O) groups excluding carboxylic acids is 1. The first-order valence-corrected chi connectivity index (χ1v) is 13.2. The lowest BCUT2D eigenvalue weighted by molar-refractivity contribution is -0.143. The van der Waals surface area contributed by atoms with Gasteiger partial charge in [0.2, 0.25) is 0 Å². The molecule has 3 atom stereocenters. The van der Waals surface area contributed by atoms with Gasteiger partial charge in [0.25, 0.3) is 0 Å². The van der Waals surface area contributed by atoms with Crippen LogP contribution in [0.3, 0.4) is 0 Å². The summed E-state index contributed by atoms with van der Waals surface area (Å²) in [6.07, 6.45) is -18.4. The number of hydrogen-bond donors (Lipinski definition) is 1. The number of alkyl halides is 9. The van der Waals surface area contributed by atoms with Gasteiger partial charge in [0.1, 0.15) is 11.9 Å². The predicted octanol–water partition coefficient (Wildman–Crippen LogP) is 8.94. The van der Waals surface area contributed by atoms with Crippen LogP contribution < -0.4 is 4.74 Å². The minimum atomic E-state index is -5.15. The maximum atomic E-state index is 13.7. The zero-order valence-electron chi connectivity index (χ0n) is 23.4. The van der Waals surface area contributed by atoms with E-state index in [9.17, 15) is 49.4 Å². The van der Waals surface area contributed by atoms with Crippen molar-refractivity contribution in [2.45, 2.75) is 63.6 Å². The molecular formula is C30H26F9NO4. The van der Waals surface area contributed by atoms with E-state index in [2.05, 4.69) is 0 Å². The summed E-state index contributed by atoms with van der Waals surface area (Å²) in [6.45, 7) is 2.47. The van der Waals surface area contributed by atoms with Gasteiger partial charge >= 0.3 is 24.6 Å². The molecule has 0 radical (unpaired) electrons. The van der Waals surface area contributed by atoms with Gasteiger partial charge in [-0.25, -0.2) is 4.79 Å². The standard InChI is InChI=1S/C30H26F9NO4/c1-4-24(41)16-5-8-25(43-3)23(12-16)22-7-6-19(28(31,32)33)11-18(22)14-40-15(2)26(44-27(40)42)17-9-20(29(34,35)36)13-21(10-17)30(37,38)39/h5-13,15,24,26,41H,4,14H2,1-3H3/t15-,24?,26-/m0/s1. The third-order valence-corrected chi connectivity index (χ3v) is 7.39. The fourth-order valence-electron chi connectivity index (χ4n) is 5.03. The summed E-state index contributed by atoms with van der Waals surface area (Å²) in [7, 11) is 1.33. The molecule has 0 bridgehead atoms. The van der Waals surface area contributed by atoms with Gasteiger partial charge in [0.05, 0.1) is 42.5 Å². The Morgan fingerprint density at radius 3 is 1.95 bits per heavy atom. The van der Waals surface area contributed by atoms with Gasteiger partial charge in [-0.05, 0) is 78.1 Å². The summed E-state index contributed by atoms with van der Waals surface area (Å²) >= 11 is 0. The molecule has 1 unspecified atom stereocenters. The number of hydrogen-bond acceptors (Lipinski definition) is 4. The highest BCUT2D eigenvalue weighted by Gasteiger charge is 2.44. The average molecular weight is 636 g/mol. The van der Waals surface area contributed by atoms with Crippen molar-refractivity contribution in [1.82, 2.24) is 4.90 Å². The van der Waals surface area contributed by atoms with Crippen molar-refractivity contribution >= 4 is 6.09 Å². The van der Waals surface area contributed by atoms with Gasteiger partial charge < -0.3 is 14.6 Å². The second-order valence-electron chi connectivity index (χ2n) is 10.3. The number of nitrogens with zero attached hydrogens (tertiary/aromatic N) is 1. The third-order valence-electron chi connectivity index (χ3n) is 7.39. The van der Waals surface area contributed by atoms with Crippen molar-refractivity contribution in [3.05, 3.63) is 88.0 Å². The largest absolute Gasteiger partial charge is 0.496 e. The molecule has 0 spiro atoms. The van der Waals surface area contributed by atoms with Crippen molar-refractivity contribution in [2.75, 3.05) is 7.11 Å². The number of benzene rings is 3. The van der Waals surface area contributed by atoms with E-state index in [1.807, 2.05) is 0 Å². The number of carbonyl (C=O) groups is 1. The number of halogens is 9. The molecule has 1 heterocycles. The Hall–Kier alpha value is -3.94. The van der Waals surface area contributed by atoms with Crippen LogP contribution in [0.5, 0.6) is 5.75 Å². The summed E-state index contributed by atoms with van der Waals surface area (Å²) in [5.41, 5.74) is -4.02. The highest BCUT2D eigenvalue weighted by molar-refractivity contribution is 5.76. The van der Waals surface area contributed by atoms with Crippen LogP contribution in [0.15, 0.2) is 54.6 Å². The maximum Gasteiger partial charge on any atom is 0.416 e. The number of cyclic esters (lactones) is 1. The second-order valence-corrected chi connectivity index (χ2v) is 10.3. The molecule has 3 aromatic rings. The van der Waals surface area contributed by atoms with E-state index in [4.69, 9.17) is 9.47 Å². The minimum absolute atomic E-state index is 0.0609. The number of rotatable bonds is 7. The maximum absolute atomic E-state index is 13.7. The van der Waals surface area contributed by atoms with E-state index in [0.29, 0.717) is 24.1 Å². The highest BCUT2D eigenvalue weighted by atomic mass is 19.4. The van der Waals surface area contributed by atoms with Gasteiger partial charge in [0, 0.05) is 5.56 Å². The first-order valence-electron chi connectivity index (χ1n) is 13.2. The van der Waals surface area contributed by atoms with Gasteiger partial charge in [-0.1, -0.05) is 19.1 Å². The fraction of sp³-hybridized carbons (Fsp3) is 0.367. The third kappa shape index (κ3) is 6.74. The summed E-state index contributed by atoms with van der Waals surface area (Å²) in [5, 5.41) is 10.4. The normalized spacial score (nSPS) is 18.4. The van der Waals surface area contributed by atoms with E-state index >= 15 is 0 Å². The molecule has 44 heavy (non-hydrogen) atoms. The first kappa shape index (κ1) is 33.0. The summed E-state index contributed by atoms with van der Waals surface area (Å²) in [5.74, 6) is 0.233. The Bertz CT molecular complexity index is 1500. The lowest BCUT2D eigenvalue weighted by atomic mass is 9.93. The van der Waals surface area contributed by atoms with Crippen LogP contribution in [0.1, 0.15) is 65.9 Å². The monoisotopic (exact) mass is 635 g/mol. The van der Waals surface area contributed by atoms with Crippen LogP contribution in [0.2, 0.25) is 0 Å². The minimum Gasteiger partial charge on any atom is -0.496 e. The molecular weight excluding hydrogens is 609 g/mol. The zero-order chi connectivity index (χ0) is 32.8. The molecule has 4 rings (SSSR count). The van der Waals surface area contributed by atoms with Crippen LogP contribution in [0, 0.1) is 0 Å². The smallest absolute Gasteiger partial charge is 0.416 e. The Balaban J connectivity index is 1.80. The van der Waals surface area contributed by atoms with Gasteiger partial charge in [0.15, 0.2) is 0 Å². The Kier molecular flexibility index (Phi) is 8.89. The van der Waals surface area contributed by atoms with Crippen molar-refractivity contribution < 1.29 is 58.9 Å². The highest BCUT2D eigenvalue weighted by Crippen LogP contribution is 2.43. The number of amides is 1. The van der Waals surface area contributed by atoms with Crippen LogP contribution in [-0.4, -0.2) is 29.3 Å². The van der Waals surface area contributed by atoms with Crippen LogP contribution in [0.25, 0.3) is 11.1 Å². The molecule has 14 heteroatoms. The Labute approximate surface area is 245 Å². The summed E-state index contributed by atoms with van der Waals surface area (Å²) in [4.78, 5) is 13.9. The lowest BCUT2D eigenvalue weighted by Crippen LogP contribution is -2.32. The molecule has 0 aromatic heterocycles. The van der Waals surface area contributed by atoms with E-state index in [-0.39, 0.29) is 28.5 Å². The Morgan fingerprint density at radius 1 is 0.841 bits per heavy atom. The van der Waals surface area contributed by atoms with Crippen molar-refractivity contribution in [2.24, 2.45) is 0 Å². The molecule has 0 aliphatic carbocycles. The molecule has 1 N–H and O–H groups in total. The molecule has 238 valence electrons. The number of aliphatic hydroxyl groups excluding tert-OH is 1. The molecule has 3 aromatic carbocycles.